The summed E-state index contributed by atoms with van der Waals surface area (Å²) in [6, 6.07) is 6.99. The molecule has 0 bridgehead atoms. The molecule has 1 aromatic rings. The summed E-state index contributed by atoms with van der Waals surface area (Å²) in [4.78, 5) is 25.6. The molecule has 1 aliphatic rings. The van der Waals surface area contributed by atoms with Gasteiger partial charge in [0.05, 0.1) is 19.2 Å². The van der Waals surface area contributed by atoms with E-state index < -0.39 is 12.0 Å². The smallest absolute Gasteiger partial charge is 0.320 e. The van der Waals surface area contributed by atoms with Crippen LogP contribution in [0, 0.1) is 0 Å². The highest BCUT2D eigenvalue weighted by Crippen LogP contribution is 2.27. The van der Waals surface area contributed by atoms with E-state index in [1.165, 1.54) is 0 Å². The molecule has 2 atom stereocenters. The Morgan fingerprint density at radius 2 is 2.08 bits per heavy atom. The molecule has 2 N–H and O–H groups in total. The minimum Gasteiger partial charge on any atom is -0.494 e. The van der Waals surface area contributed by atoms with E-state index in [2.05, 4.69) is 5.32 Å². The third-order valence-corrected chi connectivity index (χ3v) is 4.58. The molecule has 6 heteroatoms. The van der Waals surface area contributed by atoms with Crippen molar-refractivity contribution in [1.29, 1.82) is 0 Å². The first-order valence-corrected chi connectivity index (χ1v) is 9.04. The van der Waals surface area contributed by atoms with Gasteiger partial charge in [-0.05, 0) is 38.8 Å². The van der Waals surface area contributed by atoms with Gasteiger partial charge in [0.1, 0.15) is 11.8 Å². The van der Waals surface area contributed by atoms with Crippen LogP contribution >= 0.6 is 0 Å². The van der Waals surface area contributed by atoms with Gasteiger partial charge in [-0.1, -0.05) is 31.5 Å². The molecule has 1 fully saturated rings. The molecule has 0 aliphatic carbocycles. The molecular weight excluding hydrogens is 320 g/mol. The van der Waals surface area contributed by atoms with Crippen LogP contribution in [0.3, 0.4) is 0 Å². The first-order valence-electron chi connectivity index (χ1n) is 9.04. The lowest BCUT2D eigenvalue weighted by Gasteiger charge is -2.32. The third kappa shape index (κ3) is 5.19. The lowest BCUT2D eigenvalue weighted by molar-refractivity contribution is -0.145. The number of carbonyl (C=O) groups is 2. The van der Waals surface area contributed by atoms with Crippen molar-refractivity contribution in [2.75, 3.05) is 19.7 Å². The molecule has 1 aromatic carbocycles. The molecule has 2 unspecified atom stereocenters. The number of nitrogens with zero attached hydrogens (tertiary/aromatic N) is 1. The van der Waals surface area contributed by atoms with Gasteiger partial charge in [0.25, 0.3) is 0 Å². The van der Waals surface area contributed by atoms with Gasteiger partial charge < -0.3 is 15.2 Å². The molecule has 1 aliphatic heterocycles. The topological polar surface area (TPSA) is 78.9 Å². The van der Waals surface area contributed by atoms with Gasteiger partial charge in [-0.15, -0.1) is 0 Å². The third-order valence-electron chi connectivity index (χ3n) is 4.58. The number of aliphatic carboxylic acids is 1. The van der Waals surface area contributed by atoms with Crippen molar-refractivity contribution in [3.05, 3.63) is 29.8 Å². The fraction of sp³-hybridized carbons (Fsp3) is 0.579. The van der Waals surface area contributed by atoms with Crippen molar-refractivity contribution in [1.82, 2.24) is 10.2 Å². The van der Waals surface area contributed by atoms with Crippen molar-refractivity contribution >= 4 is 11.9 Å². The number of benzene rings is 1. The summed E-state index contributed by atoms with van der Waals surface area (Å²) in [5.74, 6) is -0.217. The predicted molar refractivity (Wildman–Crippen MR) is 95.6 cm³/mol. The highest BCUT2D eigenvalue weighted by atomic mass is 16.5. The molecular formula is C19H28N2O4. The second-order valence-corrected chi connectivity index (χ2v) is 6.32. The van der Waals surface area contributed by atoms with E-state index in [1.54, 1.807) is 4.90 Å². The summed E-state index contributed by atoms with van der Waals surface area (Å²) < 4.78 is 5.66. The molecule has 138 valence electrons. The molecule has 1 amide bonds. The van der Waals surface area contributed by atoms with E-state index in [4.69, 9.17) is 4.74 Å². The van der Waals surface area contributed by atoms with E-state index in [1.807, 2.05) is 38.1 Å². The molecule has 1 heterocycles. The van der Waals surface area contributed by atoms with Gasteiger partial charge in [-0.3, -0.25) is 14.5 Å². The highest BCUT2D eigenvalue weighted by Gasteiger charge is 2.30. The Balaban J connectivity index is 2.03. The molecule has 1 saturated heterocycles. The van der Waals surface area contributed by atoms with Gasteiger partial charge in [0.2, 0.25) is 5.91 Å². The molecule has 6 nitrogen and oxygen atoms in total. The number of carboxylic acids is 1. The van der Waals surface area contributed by atoms with Crippen molar-refractivity contribution in [3.8, 4) is 5.75 Å². The monoisotopic (exact) mass is 348 g/mol. The fourth-order valence-electron chi connectivity index (χ4n) is 3.34. The maximum absolute atomic E-state index is 12.5. The fourth-order valence-corrected chi connectivity index (χ4v) is 3.34. The standard InChI is InChI=1S/C19H28N2O4/c1-3-15(14-9-5-6-11-17(14)25-4-2)20-18(22)13-21-12-8-7-10-16(21)19(23)24/h5-6,9,11,15-16H,3-4,7-8,10,12-13H2,1-2H3,(H,20,22)(H,23,24). The van der Waals surface area contributed by atoms with Crippen LogP contribution in [-0.2, 0) is 9.59 Å². The highest BCUT2D eigenvalue weighted by molar-refractivity contribution is 5.80. The summed E-state index contributed by atoms with van der Waals surface area (Å²) in [5, 5.41) is 12.4. The summed E-state index contributed by atoms with van der Waals surface area (Å²) in [6.45, 7) is 5.27. The maximum Gasteiger partial charge on any atom is 0.320 e. The van der Waals surface area contributed by atoms with E-state index >= 15 is 0 Å². The lowest BCUT2D eigenvalue weighted by Crippen LogP contribution is -2.49. The van der Waals surface area contributed by atoms with Crippen LogP contribution in [0.2, 0.25) is 0 Å². The minimum absolute atomic E-state index is 0.115. The SMILES string of the molecule is CCOc1ccccc1C(CC)NC(=O)CN1CCCCC1C(=O)O. The number of hydrogen-bond acceptors (Lipinski definition) is 4. The summed E-state index contributed by atoms with van der Waals surface area (Å²) in [6.07, 6.45) is 3.17. The maximum atomic E-state index is 12.5. The minimum atomic E-state index is -0.846. The normalized spacial score (nSPS) is 19.2. The Bertz CT molecular complexity index is 591. The van der Waals surface area contributed by atoms with Gasteiger partial charge in [0.15, 0.2) is 0 Å². The van der Waals surface area contributed by atoms with Crippen molar-refractivity contribution in [2.24, 2.45) is 0 Å². The van der Waals surface area contributed by atoms with Crippen LogP contribution in [0.5, 0.6) is 5.75 Å². The number of carbonyl (C=O) groups excluding carboxylic acids is 1. The first-order chi connectivity index (χ1) is 12.1. The number of para-hydroxylation sites is 1. The van der Waals surface area contributed by atoms with E-state index in [-0.39, 0.29) is 18.5 Å². The Labute approximate surface area is 149 Å². The van der Waals surface area contributed by atoms with E-state index in [9.17, 15) is 14.7 Å². The van der Waals surface area contributed by atoms with Crippen molar-refractivity contribution in [3.63, 3.8) is 0 Å². The van der Waals surface area contributed by atoms with Gasteiger partial charge in [-0.2, -0.15) is 0 Å². The zero-order valence-corrected chi connectivity index (χ0v) is 15.0. The van der Waals surface area contributed by atoms with E-state index in [0.717, 1.165) is 30.6 Å². The molecule has 2 rings (SSSR count). The number of ether oxygens (including phenoxy) is 1. The van der Waals surface area contributed by atoms with Crippen LogP contribution in [0.15, 0.2) is 24.3 Å². The number of rotatable bonds is 8. The molecule has 0 aromatic heterocycles. The number of carboxylic acid groups (broad SMARTS) is 1. The Kier molecular flexibility index (Phi) is 7.25. The molecule has 0 spiro atoms. The summed E-state index contributed by atoms with van der Waals surface area (Å²) >= 11 is 0. The van der Waals surface area contributed by atoms with Crippen LogP contribution in [0.4, 0.5) is 0 Å². The van der Waals surface area contributed by atoms with Crippen molar-refractivity contribution < 1.29 is 19.4 Å². The second kappa shape index (κ2) is 9.42. The average molecular weight is 348 g/mol. The molecule has 25 heavy (non-hydrogen) atoms. The van der Waals surface area contributed by atoms with Crippen LogP contribution < -0.4 is 10.1 Å². The van der Waals surface area contributed by atoms with Crippen LogP contribution in [0.25, 0.3) is 0 Å². The van der Waals surface area contributed by atoms with Gasteiger partial charge in [0, 0.05) is 5.56 Å². The average Bonchev–Trinajstić information content (AvgIpc) is 2.61. The van der Waals surface area contributed by atoms with Crippen LogP contribution in [-0.4, -0.2) is 47.6 Å². The summed E-state index contributed by atoms with van der Waals surface area (Å²) in [7, 11) is 0. The summed E-state index contributed by atoms with van der Waals surface area (Å²) in [5.41, 5.74) is 0.952. The Morgan fingerprint density at radius 3 is 2.76 bits per heavy atom. The second-order valence-electron chi connectivity index (χ2n) is 6.32. The van der Waals surface area contributed by atoms with Gasteiger partial charge >= 0.3 is 5.97 Å². The zero-order chi connectivity index (χ0) is 18.2. The van der Waals surface area contributed by atoms with Crippen molar-refractivity contribution in [2.45, 2.75) is 51.6 Å². The van der Waals surface area contributed by atoms with E-state index in [0.29, 0.717) is 19.6 Å². The molecule has 0 radical (unpaired) electrons. The van der Waals surface area contributed by atoms with Gasteiger partial charge in [-0.25, -0.2) is 0 Å². The Hall–Kier alpha value is -2.08. The largest absolute Gasteiger partial charge is 0.494 e. The molecule has 0 saturated carbocycles. The van der Waals surface area contributed by atoms with Crippen LogP contribution in [0.1, 0.15) is 51.1 Å². The first kappa shape index (κ1) is 19.2. The number of hydrogen-bond donors (Lipinski definition) is 2. The quantitative estimate of drug-likeness (QED) is 0.755. The number of amides is 1. The predicted octanol–water partition coefficient (Wildman–Crippen LogP) is 2.59. The Morgan fingerprint density at radius 1 is 1.32 bits per heavy atom. The number of nitrogens with one attached hydrogen (secondary N) is 1. The number of piperidine rings is 1. The number of likely N-dealkylation sites (tertiary alicyclic amines) is 1. The zero-order valence-electron chi connectivity index (χ0n) is 15.0. The lowest BCUT2D eigenvalue weighted by atomic mass is 10.0.